The van der Waals surface area contributed by atoms with Gasteiger partial charge in [-0.3, -0.25) is 0 Å². The van der Waals surface area contributed by atoms with Crippen LogP contribution in [0.1, 0.15) is 146 Å². The van der Waals surface area contributed by atoms with Crippen LogP contribution in [-0.4, -0.2) is 16.3 Å². The summed E-state index contributed by atoms with van der Waals surface area (Å²) in [5, 5.41) is 21.8. The molecule has 2 rings (SSSR count). The molecule has 0 aliphatic heterocycles. The fraction of sp³-hybridized carbons (Fsp3) is 0.737. The zero-order chi connectivity index (χ0) is 31.3. The second kappa shape index (κ2) is 13.6. The van der Waals surface area contributed by atoms with Crippen molar-refractivity contribution in [2.24, 2.45) is 27.6 Å². The number of phenols is 1. The number of rotatable bonds is 9. The van der Waals surface area contributed by atoms with Crippen molar-refractivity contribution in [3.05, 3.63) is 52.6 Å². The zero-order valence-corrected chi connectivity index (χ0v) is 29.2. The molecule has 0 saturated heterocycles. The first-order valence-electron chi connectivity index (χ1n) is 16.0. The standard InChI is InChI=1S/C20H36O.C18H30O/c1-10-20(18(5,6)7)13-11-12-15(16(20)21)19(8,9)14-17(2,3)4;1-7-9-18(5,6)16-12-14(8-2)11-15(17(16)19)10-13(3)4/h11-13,16,21H,10,14H2,1-9H3;11-13,19H,7-10H2,1-6H3. The molecule has 0 saturated carbocycles. The van der Waals surface area contributed by atoms with E-state index in [2.05, 4.69) is 134 Å². The molecule has 2 heteroatoms. The predicted octanol–water partition coefficient (Wildman–Crippen LogP) is 11.0. The lowest BCUT2D eigenvalue weighted by Crippen LogP contribution is -2.48. The zero-order valence-electron chi connectivity index (χ0n) is 29.2. The quantitative estimate of drug-likeness (QED) is 0.319. The van der Waals surface area contributed by atoms with Gasteiger partial charge in [0, 0.05) is 11.0 Å². The van der Waals surface area contributed by atoms with E-state index in [9.17, 15) is 10.2 Å². The van der Waals surface area contributed by atoms with Gasteiger partial charge in [0.2, 0.25) is 0 Å². The van der Waals surface area contributed by atoms with Crippen molar-refractivity contribution in [2.75, 3.05) is 0 Å². The molecule has 1 aromatic carbocycles. The lowest BCUT2D eigenvalue weighted by molar-refractivity contribution is -0.0133. The van der Waals surface area contributed by atoms with E-state index in [1.807, 2.05) is 0 Å². The third-order valence-electron chi connectivity index (χ3n) is 9.08. The van der Waals surface area contributed by atoms with Gasteiger partial charge in [0.1, 0.15) is 5.75 Å². The summed E-state index contributed by atoms with van der Waals surface area (Å²) in [4.78, 5) is 0. The highest BCUT2D eigenvalue weighted by Gasteiger charge is 2.49. The summed E-state index contributed by atoms with van der Waals surface area (Å²) in [7, 11) is 0. The maximum atomic E-state index is 11.2. The molecule has 0 amide bonds. The molecule has 1 aromatic rings. The van der Waals surface area contributed by atoms with Gasteiger partial charge in [-0.2, -0.15) is 0 Å². The summed E-state index contributed by atoms with van der Waals surface area (Å²) >= 11 is 0. The topological polar surface area (TPSA) is 40.5 Å². The van der Waals surface area contributed by atoms with Crippen molar-refractivity contribution in [1.82, 2.24) is 0 Å². The maximum absolute atomic E-state index is 11.2. The summed E-state index contributed by atoms with van der Waals surface area (Å²) in [6, 6.07) is 4.38. The fourth-order valence-electron chi connectivity index (χ4n) is 7.14. The summed E-state index contributed by atoms with van der Waals surface area (Å²) in [6.45, 7) is 33.6. The summed E-state index contributed by atoms with van der Waals surface area (Å²) in [5.74, 6) is 1.10. The molecule has 0 spiro atoms. The van der Waals surface area contributed by atoms with Crippen LogP contribution in [0.3, 0.4) is 0 Å². The Morgan fingerprint density at radius 1 is 0.875 bits per heavy atom. The second-order valence-corrected chi connectivity index (χ2v) is 16.4. The molecule has 0 heterocycles. The van der Waals surface area contributed by atoms with E-state index in [0.717, 1.165) is 49.7 Å². The number of aliphatic hydroxyl groups is 1. The van der Waals surface area contributed by atoms with Crippen molar-refractivity contribution in [1.29, 1.82) is 0 Å². The minimum absolute atomic E-state index is 0.00803. The van der Waals surface area contributed by atoms with Crippen LogP contribution in [0.2, 0.25) is 0 Å². The number of phenolic OH excluding ortho intramolecular Hbond substituents is 1. The highest BCUT2D eigenvalue weighted by molar-refractivity contribution is 5.47. The van der Waals surface area contributed by atoms with Gasteiger partial charge in [-0.05, 0) is 76.4 Å². The van der Waals surface area contributed by atoms with Gasteiger partial charge >= 0.3 is 0 Å². The Bertz CT molecular complexity index is 1010. The van der Waals surface area contributed by atoms with Crippen LogP contribution >= 0.6 is 0 Å². The molecule has 0 fully saturated rings. The highest BCUT2D eigenvalue weighted by atomic mass is 16.3. The number of aryl methyl sites for hydroxylation is 1. The van der Waals surface area contributed by atoms with Crippen molar-refractivity contribution < 1.29 is 10.2 Å². The van der Waals surface area contributed by atoms with Crippen molar-refractivity contribution in [3.63, 3.8) is 0 Å². The Morgan fingerprint density at radius 2 is 1.45 bits per heavy atom. The Kier molecular flexibility index (Phi) is 12.4. The molecule has 2 atom stereocenters. The van der Waals surface area contributed by atoms with E-state index in [1.165, 1.54) is 11.1 Å². The molecule has 0 aromatic heterocycles. The second-order valence-electron chi connectivity index (χ2n) is 16.4. The van der Waals surface area contributed by atoms with Gasteiger partial charge in [0.05, 0.1) is 6.10 Å². The minimum Gasteiger partial charge on any atom is -0.507 e. The van der Waals surface area contributed by atoms with Crippen LogP contribution in [-0.2, 0) is 18.3 Å². The first-order chi connectivity index (χ1) is 18.1. The summed E-state index contributed by atoms with van der Waals surface area (Å²) in [5.41, 5.74) is 4.95. The summed E-state index contributed by atoms with van der Waals surface area (Å²) in [6.07, 6.45) is 12.4. The van der Waals surface area contributed by atoms with Gasteiger partial charge < -0.3 is 10.2 Å². The Morgan fingerprint density at radius 3 is 1.88 bits per heavy atom. The normalized spacial score (nSPS) is 20.3. The SMILES string of the molecule is CCC1(C(C)(C)C)C=CC=C(C(C)(C)CC(C)(C)C)C1O.CCCC(C)(C)c1cc(CC)cc(CC(C)C)c1O. The molecule has 0 bridgehead atoms. The van der Waals surface area contributed by atoms with Crippen LogP contribution in [0, 0.1) is 27.6 Å². The third kappa shape index (κ3) is 8.98. The molecule has 230 valence electrons. The average Bonchev–Trinajstić information content (AvgIpc) is 2.78. The molecular weight excluding hydrogens is 488 g/mol. The van der Waals surface area contributed by atoms with Crippen molar-refractivity contribution >= 4 is 0 Å². The van der Waals surface area contributed by atoms with Gasteiger partial charge in [-0.25, -0.2) is 0 Å². The fourth-order valence-corrected chi connectivity index (χ4v) is 7.14. The van der Waals surface area contributed by atoms with E-state index in [0.29, 0.717) is 11.7 Å². The van der Waals surface area contributed by atoms with Crippen LogP contribution in [0.25, 0.3) is 0 Å². The summed E-state index contributed by atoms with van der Waals surface area (Å²) < 4.78 is 0. The molecule has 2 N–H and O–H groups in total. The van der Waals surface area contributed by atoms with Crippen LogP contribution < -0.4 is 0 Å². The first-order valence-corrected chi connectivity index (χ1v) is 16.0. The van der Waals surface area contributed by atoms with E-state index >= 15 is 0 Å². The van der Waals surface area contributed by atoms with Crippen molar-refractivity contribution in [3.8, 4) is 5.75 Å². The van der Waals surface area contributed by atoms with Crippen LogP contribution in [0.4, 0.5) is 0 Å². The molecule has 40 heavy (non-hydrogen) atoms. The third-order valence-corrected chi connectivity index (χ3v) is 9.08. The number of hydrogen-bond acceptors (Lipinski definition) is 2. The lowest BCUT2D eigenvalue weighted by Gasteiger charge is -2.51. The molecule has 2 unspecified atom stereocenters. The first kappa shape index (κ1) is 36.5. The van der Waals surface area contributed by atoms with E-state index < -0.39 is 6.10 Å². The number of hydrogen-bond donors (Lipinski definition) is 2. The Hall–Kier alpha value is -1.54. The lowest BCUT2D eigenvalue weighted by atomic mass is 9.55. The largest absolute Gasteiger partial charge is 0.507 e. The van der Waals surface area contributed by atoms with Gasteiger partial charge in [0.15, 0.2) is 0 Å². The average molecular weight is 555 g/mol. The molecule has 1 aliphatic rings. The van der Waals surface area contributed by atoms with Crippen molar-refractivity contribution in [2.45, 2.75) is 154 Å². The van der Waals surface area contributed by atoms with E-state index in [-0.39, 0.29) is 27.1 Å². The van der Waals surface area contributed by atoms with Gasteiger partial charge in [-0.1, -0.05) is 141 Å². The van der Waals surface area contributed by atoms with E-state index in [4.69, 9.17) is 0 Å². The van der Waals surface area contributed by atoms with Crippen LogP contribution in [0.15, 0.2) is 35.9 Å². The molecule has 2 nitrogen and oxygen atoms in total. The van der Waals surface area contributed by atoms with Crippen LogP contribution in [0.5, 0.6) is 5.75 Å². The highest BCUT2D eigenvalue weighted by Crippen LogP contribution is 2.53. The van der Waals surface area contributed by atoms with Gasteiger partial charge in [0.25, 0.3) is 0 Å². The maximum Gasteiger partial charge on any atom is 0.122 e. The molecule has 0 radical (unpaired) electrons. The minimum atomic E-state index is -0.398. The Labute approximate surface area is 249 Å². The predicted molar refractivity (Wildman–Crippen MR) is 177 cm³/mol. The molecular formula is C38H66O2. The van der Waals surface area contributed by atoms with E-state index in [1.54, 1.807) is 0 Å². The smallest absolute Gasteiger partial charge is 0.122 e. The number of allylic oxidation sites excluding steroid dienone is 2. The molecule has 1 aliphatic carbocycles. The number of aromatic hydroxyl groups is 1. The monoisotopic (exact) mass is 555 g/mol. The van der Waals surface area contributed by atoms with Gasteiger partial charge in [-0.15, -0.1) is 0 Å². The number of aliphatic hydroxyl groups excluding tert-OH is 1. The Balaban J connectivity index is 0.000000402. The number of benzene rings is 1.